The molecule has 0 saturated heterocycles. The largest absolute Gasteiger partial charge is 0.508 e. The van der Waals surface area contributed by atoms with Crippen molar-refractivity contribution in [3.05, 3.63) is 59.4 Å². The number of aromatic hydroxyl groups is 2. The van der Waals surface area contributed by atoms with E-state index >= 15 is 0 Å². The Morgan fingerprint density at radius 1 is 0.912 bits per heavy atom. The van der Waals surface area contributed by atoms with Crippen molar-refractivity contribution in [3.8, 4) is 23.0 Å². The Morgan fingerprint density at radius 3 is 2.12 bits per heavy atom. The smallest absolute Gasteiger partial charge is 0.157 e. The molecule has 0 aliphatic carbocycles. The van der Waals surface area contributed by atoms with Crippen LogP contribution in [0, 0.1) is 13.8 Å². The first kappa shape index (κ1) is 26.9. The van der Waals surface area contributed by atoms with Crippen molar-refractivity contribution in [1.82, 2.24) is 15.0 Å². The van der Waals surface area contributed by atoms with Gasteiger partial charge in [-0.3, -0.25) is 0 Å². The van der Waals surface area contributed by atoms with E-state index in [1.54, 1.807) is 41.9 Å². The third kappa shape index (κ3) is 7.62. The van der Waals surface area contributed by atoms with Gasteiger partial charge < -0.3 is 30.7 Å². The van der Waals surface area contributed by atoms with E-state index in [2.05, 4.69) is 20.3 Å². The molecular weight excluding hydrogens is 478 g/mol. The van der Waals surface area contributed by atoms with E-state index in [1.165, 1.54) is 17.7 Å². The first-order valence-electron chi connectivity index (χ1n) is 10.3. The average Bonchev–Trinajstić information content (AvgIpc) is 3.27. The lowest BCUT2D eigenvalue weighted by atomic mass is 10.2. The third-order valence-corrected chi connectivity index (χ3v) is 5.21. The number of ether oxygens (including phenoxy) is 2. The molecule has 0 atom stereocenters. The normalized spacial score (nSPS) is 10.1. The molecule has 5 N–H and O–H groups in total. The van der Waals surface area contributed by atoms with Crippen LogP contribution < -0.4 is 20.5 Å². The van der Waals surface area contributed by atoms with Crippen LogP contribution in [0.2, 0.25) is 0 Å². The van der Waals surface area contributed by atoms with Gasteiger partial charge >= 0.3 is 0 Å². The number of aryl methyl sites for hydroxylation is 2. The molecule has 4 rings (SSSR count). The molecule has 0 bridgehead atoms. The number of rotatable bonds is 8. The van der Waals surface area contributed by atoms with Crippen molar-refractivity contribution >= 4 is 39.9 Å². The molecule has 4 aromatic rings. The highest BCUT2D eigenvalue weighted by molar-refractivity contribution is 7.16. The molecule has 9 nitrogen and oxygen atoms in total. The van der Waals surface area contributed by atoms with Gasteiger partial charge in [0.15, 0.2) is 5.82 Å². The van der Waals surface area contributed by atoms with Crippen LogP contribution in [0.3, 0.4) is 0 Å². The SMILES string of the molecule is Cc1cc(O)ccc1OCCN.Cc1cc(O)ccc1OCCNc1ncnc2scnc12.Cl. The number of thiazole rings is 1. The van der Waals surface area contributed by atoms with Crippen molar-refractivity contribution in [1.29, 1.82) is 0 Å². The van der Waals surface area contributed by atoms with E-state index in [-0.39, 0.29) is 23.9 Å². The maximum absolute atomic E-state index is 9.35. The van der Waals surface area contributed by atoms with Gasteiger partial charge in [-0.2, -0.15) is 0 Å². The summed E-state index contributed by atoms with van der Waals surface area (Å²) in [5.74, 6) is 2.75. The summed E-state index contributed by atoms with van der Waals surface area (Å²) in [6.45, 7) is 5.87. The molecule has 182 valence electrons. The number of benzene rings is 2. The number of phenolic OH excluding ortho intramolecular Hbond substituents is 2. The fourth-order valence-electron chi connectivity index (χ4n) is 2.91. The Labute approximate surface area is 208 Å². The summed E-state index contributed by atoms with van der Waals surface area (Å²) in [5, 5.41) is 21.6. The number of nitrogens with zero attached hydrogens (tertiary/aromatic N) is 3. The highest BCUT2D eigenvalue weighted by Gasteiger charge is 2.06. The highest BCUT2D eigenvalue weighted by Crippen LogP contribution is 2.23. The van der Waals surface area contributed by atoms with E-state index < -0.39 is 0 Å². The number of phenols is 2. The zero-order valence-electron chi connectivity index (χ0n) is 18.9. The van der Waals surface area contributed by atoms with Gasteiger partial charge in [-0.1, -0.05) is 0 Å². The molecule has 0 amide bonds. The van der Waals surface area contributed by atoms with Crippen molar-refractivity contribution in [2.75, 3.05) is 31.6 Å². The molecule has 0 radical (unpaired) electrons. The number of hydrogen-bond donors (Lipinski definition) is 4. The lowest BCUT2D eigenvalue weighted by Gasteiger charge is -2.10. The predicted octanol–water partition coefficient (Wildman–Crippen LogP) is 4.05. The van der Waals surface area contributed by atoms with Crippen molar-refractivity contribution in [3.63, 3.8) is 0 Å². The molecule has 0 fully saturated rings. The average molecular weight is 506 g/mol. The number of halogens is 1. The van der Waals surface area contributed by atoms with Crippen LogP contribution in [0.5, 0.6) is 23.0 Å². The number of anilines is 1. The lowest BCUT2D eigenvalue weighted by Crippen LogP contribution is -2.13. The Bertz CT molecular complexity index is 1190. The fraction of sp³-hybridized carbons (Fsp3) is 0.261. The quantitative estimate of drug-likeness (QED) is 0.261. The molecule has 0 aliphatic heterocycles. The minimum atomic E-state index is 0. The van der Waals surface area contributed by atoms with Gasteiger partial charge in [0.1, 0.15) is 52.9 Å². The minimum absolute atomic E-state index is 0. The zero-order valence-corrected chi connectivity index (χ0v) is 20.5. The number of nitrogens with one attached hydrogen (secondary N) is 1. The molecule has 0 spiro atoms. The van der Waals surface area contributed by atoms with Crippen molar-refractivity contribution in [2.45, 2.75) is 13.8 Å². The summed E-state index contributed by atoms with van der Waals surface area (Å²) >= 11 is 1.48. The standard InChI is InChI=1S/C14H14N4O2S.C9H13NO2.ClH/c1-9-6-10(19)2-3-11(9)20-5-4-15-13-12-14(17-7-16-13)21-8-18-12;1-7-6-8(11)2-3-9(7)12-5-4-10;/h2-3,6-8,19H,4-5H2,1H3,(H,15,16,17);2-3,6,11H,4-5,10H2,1H3;1H. The predicted molar refractivity (Wildman–Crippen MR) is 137 cm³/mol. The van der Waals surface area contributed by atoms with Gasteiger partial charge in [0.25, 0.3) is 0 Å². The topological polar surface area (TPSA) is 136 Å². The summed E-state index contributed by atoms with van der Waals surface area (Å²) in [5.41, 5.74) is 9.64. The Morgan fingerprint density at radius 2 is 1.53 bits per heavy atom. The maximum atomic E-state index is 9.35. The third-order valence-electron chi connectivity index (χ3n) is 4.48. The Balaban J connectivity index is 0.000000270. The minimum Gasteiger partial charge on any atom is -0.508 e. The molecular formula is C23H28ClN5O4S. The molecule has 0 unspecified atom stereocenters. The molecule has 2 aromatic heterocycles. The van der Waals surface area contributed by atoms with Gasteiger partial charge in [0.2, 0.25) is 0 Å². The summed E-state index contributed by atoms with van der Waals surface area (Å²) in [4.78, 5) is 13.4. The van der Waals surface area contributed by atoms with Gasteiger partial charge in [0, 0.05) is 6.54 Å². The van der Waals surface area contributed by atoms with Crippen LogP contribution in [0.15, 0.2) is 48.2 Å². The summed E-state index contributed by atoms with van der Waals surface area (Å²) in [6, 6.07) is 10.0. The van der Waals surface area contributed by atoms with Gasteiger partial charge in [-0.05, 0) is 61.4 Å². The van der Waals surface area contributed by atoms with Crippen LogP contribution in [-0.4, -0.2) is 51.5 Å². The second-order valence-corrected chi connectivity index (χ2v) is 7.87. The van der Waals surface area contributed by atoms with Crippen LogP contribution >= 0.6 is 23.7 Å². The van der Waals surface area contributed by atoms with E-state index in [9.17, 15) is 5.11 Å². The van der Waals surface area contributed by atoms with E-state index in [0.29, 0.717) is 32.1 Å². The molecule has 0 saturated carbocycles. The van der Waals surface area contributed by atoms with Gasteiger partial charge in [0.05, 0.1) is 12.1 Å². The van der Waals surface area contributed by atoms with Crippen LogP contribution in [-0.2, 0) is 0 Å². The van der Waals surface area contributed by atoms with Crippen LogP contribution in [0.4, 0.5) is 5.82 Å². The number of fused-ring (bicyclic) bond motifs is 1. The molecule has 11 heteroatoms. The molecule has 2 heterocycles. The second kappa shape index (κ2) is 13.4. The second-order valence-electron chi connectivity index (χ2n) is 7.04. The molecule has 2 aromatic carbocycles. The number of nitrogens with two attached hydrogens (primary N) is 1. The van der Waals surface area contributed by atoms with E-state index in [4.69, 9.17) is 20.3 Å². The summed E-state index contributed by atoms with van der Waals surface area (Å²) in [7, 11) is 0. The number of hydrogen-bond acceptors (Lipinski definition) is 10. The van der Waals surface area contributed by atoms with E-state index in [1.807, 2.05) is 13.8 Å². The van der Waals surface area contributed by atoms with Crippen molar-refractivity contribution < 1.29 is 19.7 Å². The molecule has 34 heavy (non-hydrogen) atoms. The van der Waals surface area contributed by atoms with Crippen molar-refractivity contribution in [2.24, 2.45) is 5.73 Å². The molecule has 0 aliphatic rings. The first-order valence-corrected chi connectivity index (χ1v) is 11.2. The van der Waals surface area contributed by atoms with Gasteiger partial charge in [-0.25, -0.2) is 15.0 Å². The van der Waals surface area contributed by atoms with Crippen LogP contribution in [0.25, 0.3) is 10.3 Å². The first-order chi connectivity index (χ1) is 16.0. The lowest BCUT2D eigenvalue weighted by molar-refractivity contribution is 0.325. The fourth-order valence-corrected chi connectivity index (χ4v) is 3.54. The Hall–Kier alpha value is -3.34. The van der Waals surface area contributed by atoms with Gasteiger partial charge in [-0.15, -0.1) is 23.7 Å². The monoisotopic (exact) mass is 505 g/mol. The zero-order chi connectivity index (χ0) is 23.6. The summed E-state index contributed by atoms with van der Waals surface area (Å²) in [6.07, 6.45) is 1.52. The van der Waals surface area contributed by atoms with Crippen LogP contribution in [0.1, 0.15) is 11.1 Å². The maximum Gasteiger partial charge on any atom is 0.157 e. The highest BCUT2D eigenvalue weighted by atomic mass is 35.5. The Kier molecular flexibility index (Phi) is 10.6. The number of aromatic nitrogens is 3. The van der Waals surface area contributed by atoms with E-state index in [0.717, 1.165) is 33.0 Å². The summed E-state index contributed by atoms with van der Waals surface area (Å²) < 4.78 is 11.0.